The molecule has 1 aliphatic carbocycles. The van der Waals surface area contributed by atoms with Crippen LogP contribution in [0.2, 0.25) is 0 Å². The summed E-state index contributed by atoms with van der Waals surface area (Å²) in [5.74, 6) is 1.76. The zero-order valence-electron chi connectivity index (χ0n) is 13.7. The maximum atomic E-state index is 12.0. The molecule has 0 radical (unpaired) electrons. The quantitative estimate of drug-likeness (QED) is 0.786. The molecule has 1 aromatic heterocycles. The number of benzene rings is 1. The Bertz CT molecular complexity index is 683. The van der Waals surface area contributed by atoms with E-state index in [1.807, 2.05) is 24.3 Å². The van der Waals surface area contributed by atoms with Gasteiger partial charge in [0.05, 0.1) is 18.4 Å². The van der Waals surface area contributed by atoms with Crippen molar-refractivity contribution in [1.29, 1.82) is 0 Å². The van der Waals surface area contributed by atoms with E-state index in [0.29, 0.717) is 22.8 Å². The van der Waals surface area contributed by atoms with Crippen LogP contribution in [0, 0.1) is 0 Å². The first-order valence-corrected chi connectivity index (χ1v) is 9.23. The molecule has 1 aliphatic rings. The molecule has 1 heterocycles. The summed E-state index contributed by atoms with van der Waals surface area (Å²) in [6, 6.07) is 7.96. The smallest absolute Gasteiger partial charge is 0.230 e. The predicted molar refractivity (Wildman–Crippen MR) is 94.1 cm³/mol. The van der Waals surface area contributed by atoms with Crippen molar-refractivity contribution < 1.29 is 9.53 Å². The molecule has 0 spiro atoms. The summed E-state index contributed by atoms with van der Waals surface area (Å²) >= 11 is 1.34. The van der Waals surface area contributed by atoms with Gasteiger partial charge in [0.15, 0.2) is 5.82 Å². The predicted octanol–water partition coefficient (Wildman–Crippen LogP) is 3.02. The average Bonchev–Trinajstić information content (AvgIpc) is 3.09. The summed E-state index contributed by atoms with van der Waals surface area (Å²) in [4.78, 5) is 16.5. The van der Waals surface area contributed by atoms with Gasteiger partial charge in [-0.15, -0.1) is 5.10 Å². The van der Waals surface area contributed by atoms with Crippen LogP contribution in [-0.4, -0.2) is 40.0 Å². The largest absolute Gasteiger partial charge is 0.496 e. The number of aromatic nitrogens is 3. The zero-order chi connectivity index (χ0) is 16.8. The zero-order valence-corrected chi connectivity index (χ0v) is 14.6. The van der Waals surface area contributed by atoms with Crippen molar-refractivity contribution in [2.75, 3.05) is 12.9 Å². The number of amides is 1. The number of thioether (sulfide) groups is 1. The summed E-state index contributed by atoms with van der Waals surface area (Å²) in [5.41, 5.74) is 0.853. The first kappa shape index (κ1) is 16.8. The number of hydrogen-bond donors (Lipinski definition) is 2. The molecular weight excluding hydrogens is 324 g/mol. The molecule has 7 heteroatoms. The molecule has 0 aliphatic heterocycles. The van der Waals surface area contributed by atoms with Gasteiger partial charge in [-0.2, -0.15) is 0 Å². The van der Waals surface area contributed by atoms with E-state index in [-0.39, 0.29) is 5.91 Å². The highest BCUT2D eigenvalue weighted by molar-refractivity contribution is 7.99. The van der Waals surface area contributed by atoms with Crippen molar-refractivity contribution in [1.82, 2.24) is 20.5 Å². The van der Waals surface area contributed by atoms with E-state index in [0.717, 1.165) is 24.2 Å². The van der Waals surface area contributed by atoms with Crippen molar-refractivity contribution in [2.45, 2.75) is 43.3 Å². The van der Waals surface area contributed by atoms with Crippen LogP contribution in [0.3, 0.4) is 0 Å². The lowest BCUT2D eigenvalue weighted by Crippen LogP contribution is -2.37. The first-order valence-electron chi connectivity index (χ1n) is 8.24. The van der Waals surface area contributed by atoms with Gasteiger partial charge in [-0.05, 0) is 25.0 Å². The Morgan fingerprint density at radius 2 is 2.12 bits per heavy atom. The number of H-pyrrole nitrogens is 1. The van der Waals surface area contributed by atoms with E-state index in [2.05, 4.69) is 20.5 Å². The van der Waals surface area contributed by atoms with Gasteiger partial charge in [0, 0.05) is 6.04 Å². The number of carbonyl (C=O) groups is 1. The lowest BCUT2D eigenvalue weighted by molar-refractivity contribution is -0.119. The Hall–Kier alpha value is -2.02. The maximum absolute atomic E-state index is 12.0. The molecule has 2 N–H and O–H groups in total. The second-order valence-electron chi connectivity index (χ2n) is 5.86. The standard InChI is InChI=1S/C17H22N4O2S/c1-23-14-10-6-5-9-13(14)16-19-17(21-20-16)24-11-15(22)18-12-7-3-2-4-8-12/h5-6,9-10,12H,2-4,7-8,11H2,1H3,(H,18,22)(H,19,20,21). The number of rotatable bonds is 6. The third-order valence-corrected chi connectivity index (χ3v) is 4.98. The minimum Gasteiger partial charge on any atom is -0.496 e. The number of carbonyl (C=O) groups excluding carboxylic acids is 1. The van der Waals surface area contributed by atoms with Crippen molar-refractivity contribution >= 4 is 17.7 Å². The van der Waals surface area contributed by atoms with Crippen LogP contribution in [0.15, 0.2) is 29.4 Å². The fourth-order valence-corrected chi connectivity index (χ4v) is 3.53. The van der Waals surface area contributed by atoms with Gasteiger partial charge < -0.3 is 10.1 Å². The van der Waals surface area contributed by atoms with Crippen LogP contribution in [0.1, 0.15) is 32.1 Å². The number of methoxy groups -OCH3 is 1. The highest BCUT2D eigenvalue weighted by Gasteiger charge is 2.16. The van der Waals surface area contributed by atoms with Gasteiger partial charge in [-0.25, -0.2) is 4.98 Å². The lowest BCUT2D eigenvalue weighted by atomic mass is 9.95. The number of para-hydroxylation sites is 1. The Kier molecular flexibility index (Phi) is 5.74. The van der Waals surface area contributed by atoms with Gasteiger partial charge in [0.2, 0.25) is 11.1 Å². The summed E-state index contributed by atoms with van der Waals surface area (Å²) in [6.07, 6.45) is 5.89. The molecule has 2 aromatic rings. The molecule has 0 atom stereocenters. The molecule has 1 fully saturated rings. The van der Waals surface area contributed by atoms with Gasteiger partial charge in [-0.1, -0.05) is 43.2 Å². The fraction of sp³-hybridized carbons (Fsp3) is 0.471. The Balaban J connectivity index is 1.55. The molecule has 1 aromatic carbocycles. The Morgan fingerprint density at radius 3 is 2.92 bits per heavy atom. The Morgan fingerprint density at radius 1 is 1.33 bits per heavy atom. The molecule has 0 saturated heterocycles. The van der Waals surface area contributed by atoms with E-state index in [4.69, 9.17) is 4.74 Å². The number of nitrogens with zero attached hydrogens (tertiary/aromatic N) is 2. The molecular formula is C17H22N4O2S. The monoisotopic (exact) mass is 346 g/mol. The molecule has 6 nitrogen and oxygen atoms in total. The van der Waals surface area contributed by atoms with Crippen LogP contribution >= 0.6 is 11.8 Å². The molecule has 0 bridgehead atoms. The van der Waals surface area contributed by atoms with E-state index in [9.17, 15) is 4.79 Å². The summed E-state index contributed by atoms with van der Waals surface area (Å²) in [5, 5.41) is 10.8. The third kappa shape index (κ3) is 4.29. The second-order valence-corrected chi connectivity index (χ2v) is 6.80. The van der Waals surface area contributed by atoms with E-state index >= 15 is 0 Å². The van der Waals surface area contributed by atoms with Gasteiger partial charge >= 0.3 is 0 Å². The number of nitrogens with one attached hydrogen (secondary N) is 2. The normalized spacial score (nSPS) is 15.2. The molecule has 3 rings (SSSR count). The van der Waals surface area contributed by atoms with E-state index in [1.54, 1.807) is 7.11 Å². The number of hydrogen-bond acceptors (Lipinski definition) is 5. The van der Waals surface area contributed by atoms with Crippen molar-refractivity contribution in [3.05, 3.63) is 24.3 Å². The third-order valence-electron chi connectivity index (χ3n) is 4.13. The topological polar surface area (TPSA) is 79.9 Å². The number of ether oxygens (including phenoxy) is 1. The fourth-order valence-electron chi connectivity index (χ4n) is 2.92. The number of aromatic amines is 1. The van der Waals surface area contributed by atoms with Gasteiger partial charge in [-0.3, -0.25) is 9.89 Å². The minimum atomic E-state index is 0.0514. The minimum absolute atomic E-state index is 0.0514. The average molecular weight is 346 g/mol. The second kappa shape index (κ2) is 8.19. The van der Waals surface area contributed by atoms with Gasteiger partial charge in [0.1, 0.15) is 5.75 Å². The highest BCUT2D eigenvalue weighted by atomic mass is 32.2. The molecule has 1 saturated carbocycles. The summed E-state index contributed by atoms with van der Waals surface area (Å²) in [7, 11) is 1.63. The van der Waals surface area contributed by atoms with Crippen molar-refractivity contribution in [3.63, 3.8) is 0 Å². The van der Waals surface area contributed by atoms with Crippen LogP contribution in [0.5, 0.6) is 5.75 Å². The summed E-state index contributed by atoms with van der Waals surface area (Å²) < 4.78 is 5.33. The SMILES string of the molecule is COc1ccccc1-c1nc(SCC(=O)NC2CCCCC2)n[nH]1. The van der Waals surface area contributed by atoms with Crippen LogP contribution < -0.4 is 10.1 Å². The van der Waals surface area contributed by atoms with Crippen molar-refractivity contribution in [3.8, 4) is 17.1 Å². The Labute approximate surface area is 145 Å². The molecule has 1 amide bonds. The van der Waals surface area contributed by atoms with Crippen LogP contribution in [0.4, 0.5) is 0 Å². The van der Waals surface area contributed by atoms with Crippen LogP contribution in [0.25, 0.3) is 11.4 Å². The molecule has 24 heavy (non-hydrogen) atoms. The highest BCUT2D eigenvalue weighted by Crippen LogP contribution is 2.27. The van der Waals surface area contributed by atoms with Crippen molar-refractivity contribution in [2.24, 2.45) is 0 Å². The molecule has 0 unspecified atom stereocenters. The lowest BCUT2D eigenvalue weighted by Gasteiger charge is -2.22. The van der Waals surface area contributed by atoms with Gasteiger partial charge in [0.25, 0.3) is 0 Å². The molecule has 128 valence electrons. The van der Waals surface area contributed by atoms with E-state index < -0.39 is 0 Å². The van der Waals surface area contributed by atoms with Crippen LogP contribution in [-0.2, 0) is 4.79 Å². The summed E-state index contributed by atoms with van der Waals surface area (Å²) in [6.45, 7) is 0. The maximum Gasteiger partial charge on any atom is 0.230 e. The first-order chi connectivity index (χ1) is 11.8. The van der Waals surface area contributed by atoms with E-state index in [1.165, 1.54) is 31.0 Å².